The number of benzene rings is 3. The molecule has 5 rings (SSSR count). The number of aromatic amines is 2. The van der Waals surface area contributed by atoms with Crippen LogP contribution in [0.15, 0.2) is 71.5 Å². The summed E-state index contributed by atoms with van der Waals surface area (Å²) in [5, 5.41) is 17.7. The van der Waals surface area contributed by atoms with Crippen molar-refractivity contribution in [2.75, 3.05) is 11.4 Å². The Morgan fingerprint density at radius 3 is 2.58 bits per heavy atom. The number of anilines is 1. The summed E-state index contributed by atoms with van der Waals surface area (Å²) in [7, 11) is 0. The molecule has 0 saturated carbocycles. The minimum atomic E-state index is -1.05. The lowest BCUT2D eigenvalue weighted by Crippen LogP contribution is -2.29. The topological polar surface area (TPSA) is 115 Å². The summed E-state index contributed by atoms with van der Waals surface area (Å²) in [6, 6.07) is 21.4. The van der Waals surface area contributed by atoms with Gasteiger partial charge in [-0.3, -0.25) is 4.79 Å². The molecule has 0 saturated heterocycles. The average Bonchev–Trinajstić information content (AvgIpc) is 3.24. The van der Waals surface area contributed by atoms with Gasteiger partial charge >= 0.3 is 6.09 Å². The first kappa shape index (κ1) is 20.4. The van der Waals surface area contributed by atoms with Crippen molar-refractivity contribution in [1.29, 1.82) is 0 Å². The lowest BCUT2D eigenvalue weighted by atomic mass is 9.99. The summed E-state index contributed by atoms with van der Waals surface area (Å²) in [4.78, 5) is 32.2. The van der Waals surface area contributed by atoms with Crippen LogP contribution in [0, 0.1) is 0 Å². The quantitative estimate of drug-likeness (QED) is 0.371. The number of aromatic nitrogens is 4. The number of carboxylic acid groups (broad SMARTS) is 1. The molecule has 3 N–H and O–H groups in total. The van der Waals surface area contributed by atoms with Crippen LogP contribution in [0.25, 0.3) is 32.9 Å². The Morgan fingerprint density at radius 1 is 1.00 bits per heavy atom. The summed E-state index contributed by atoms with van der Waals surface area (Å²) in [5.74, 6) is 0.307. The van der Waals surface area contributed by atoms with Crippen LogP contribution in [-0.2, 0) is 6.42 Å². The van der Waals surface area contributed by atoms with Crippen molar-refractivity contribution >= 4 is 33.8 Å². The van der Waals surface area contributed by atoms with E-state index in [9.17, 15) is 14.7 Å². The Kier molecular flexibility index (Phi) is 5.10. The largest absolute Gasteiger partial charge is 0.465 e. The number of nitrogens with zero attached hydrogens (tertiary/aromatic N) is 3. The highest BCUT2D eigenvalue weighted by atomic mass is 16.4. The molecule has 3 aromatic carbocycles. The number of nitrogens with one attached hydrogen (secondary N) is 2. The first-order valence-electron chi connectivity index (χ1n) is 10.6. The summed E-state index contributed by atoms with van der Waals surface area (Å²) in [6.07, 6.45) is -0.473. The molecule has 2 aromatic heterocycles. The van der Waals surface area contributed by atoms with Crippen LogP contribution >= 0.6 is 0 Å². The first-order valence-corrected chi connectivity index (χ1v) is 10.6. The van der Waals surface area contributed by atoms with Crippen LogP contribution in [0.1, 0.15) is 18.2 Å². The monoisotopic (exact) mass is 439 g/mol. The van der Waals surface area contributed by atoms with E-state index in [0.29, 0.717) is 29.8 Å². The number of rotatable bonds is 5. The van der Waals surface area contributed by atoms with Crippen molar-refractivity contribution in [3.8, 4) is 11.1 Å². The van der Waals surface area contributed by atoms with E-state index in [1.807, 2.05) is 54.6 Å². The Hall–Kier alpha value is -4.46. The maximum atomic E-state index is 12.1. The van der Waals surface area contributed by atoms with Crippen molar-refractivity contribution in [2.45, 2.75) is 13.3 Å². The lowest BCUT2D eigenvalue weighted by molar-refractivity contribution is 0.202. The fourth-order valence-corrected chi connectivity index (χ4v) is 4.04. The molecule has 2 heterocycles. The fraction of sp³-hybridized carbons (Fsp3) is 0.120. The molecule has 164 valence electrons. The fourth-order valence-electron chi connectivity index (χ4n) is 4.04. The van der Waals surface area contributed by atoms with E-state index in [4.69, 9.17) is 0 Å². The zero-order chi connectivity index (χ0) is 22.9. The van der Waals surface area contributed by atoms with E-state index in [2.05, 4.69) is 26.2 Å². The second-order valence-corrected chi connectivity index (χ2v) is 7.74. The summed E-state index contributed by atoms with van der Waals surface area (Å²) in [5.41, 5.74) is 5.14. The number of imidazole rings is 1. The van der Waals surface area contributed by atoms with Crippen LogP contribution < -0.4 is 10.5 Å². The minimum absolute atomic E-state index is 0.195. The standard InChI is InChI=1S/C25H21N5O3/c1-2-30(25(32)33)24-26-20-11-10-17(14-22(20)27-24)16-7-5-6-15(12-16)13-21-18-8-3-4-9-19(18)23(31)29-28-21/h3-12,14H,2,13H2,1H3,(H,26,27)(H,29,31)(H,32,33). The highest BCUT2D eigenvalue weighted by Crippen LogP contribution is 2.27. The average molecular weight is 439 g/mol. The van der Waals surface area contributed by atoms with Gasteiger partial charge in [0.15, 0.2) is 0 Å². The van der Waals surface area contributed by atoms with Gasteiger partial charge in [-0.05, 0) is 41.8 Å². The summed E-state index contributed by atoms with van der Waals surface area (Å²) in [6.45, 7) is 2.07. The Labute approximate surface area is 188 Å². The Bertz CT molecular complexity index is 1550. The molecule has 33 heavy (non-hydrogen) atoms. The van der Waals surface area contributed by atoms with Crippen LogP contribution in [0.5, 0.6) is 0 Å². The van der Waals surface area contributed by atoms with Crippen molar-refractivity contribution < 1.29 is 9.90 Å². The van der Waals surface area contributed by atoms with Crippen molar-refractivity contribution in [3.05, 3.63) is 88.3 Å². The lowest BCUT2D eigenvalue weighted by Gasteiger charge is -2.12. The van der Waals surface area contributed by atoms with Crippen molar-refractivity contribution in [1.82, 2.24) is 20.2 Å². The molecule has 8 heteroatoms. The second-order valence-electron chi connectivity index (χ2n) is 7.74. The second kappa shape index (κ2) is 8.23. The highest BCUT2D eigenvalue weighted by molar-refractivity contribution is 5.89. The highest BCUT2D eigenvalue weighted by Gasteiger charge is 2.16. The molecule has 0 aliphatic rings. The van der Waals surface area contributed by atoms with Crippen molar-refractivity contribution in [3.63, 3.8) is 0 Å². The molecule has 1 amide bonds. The van der Waals surface area contributed by atoms with Crippen LogP contribution in [-0.4, -0.2) is 37.9 Å². The SMILES string of the molecule is CCN(C(=O)O)c1nc2ccc(-c3cccc(Cc4n[nH]c(=O)c5ccccc45)c3)cc2[nH]1. The number of hydrogen-bond acceptors (Lipinski definition) is 4. The van der Waals surface area contributed by atoms with E-state index in [1.165, 1.54) is 4.90 Å². The predicted molar refractivity (Wildman–Crippen MR) is 128 cm³/mol. The molecule has 0 spiro atoms. The molecule has 0 atom stereocenters. The normalized spacial score (nSPS) is 11.2. The van der Waals surface area contributed by atoms with Gasteiger partial charge in [-0.25, -0.2) is 19.8 Å². The van der Waals surface area contributed by atoms with Gasteiger partial charge in [-0.1, -0.05) is 48.5 Å². The number of hydrogen-bond donors (Lipinski definition) is 3. The molecule has 0 unspecified atom stereocenters. The van der Waals surface area contributed by atoms with E-state index in [1.54, 1.807) is 13.0 Å². The van der Waals surface area contributed by atoms with Crippen LogP contribution in [0.4, 0.5) is 10.7 Å². The third-order valence-electron chi connectivity index (χ3n) is 5.68. The molecule has 0 aliphatic heterocycles. The molecule has 0 radical (unpaired) electrons. The first-order chi connectivity index (χ1) is 16.0. The van der Waals surface area contributed by atoms with Gasteiger partial charge < -0.3 is 10.1 Å². The molecule has 8 nitrogen and oxygen atoms in total. The van der Waals surface area contributed by atoms with Gasteiger partial charge in [0, 0.05) is 18.4 Å². The van der Waals surface area contributed by atoms with Gasteiger partial charge in [0.2, 0.25) is 5.95 Å². The molecule has 0 fully saturated rings. The maximum absolute atomic E-state index is 12.1. The Balaban J connectivity index is 1.49. The number of carbonyl (C=O) groups is 1. The number of amides is 1. The van der Waals surface area contributed by atoms with Gasteiger partial charge in [0.05, 0.1) is 22.1 Å². The van der Waals surface area contributed by atoms with E-state index in [-0.39, 0.29) is 5.56 Å². The van der Waals surface area contributed by atoms with Crippen molar-refractivity contribution in [2.24, 2.45) is 0 Å². The molecular formula is C25H21N5O3. The van der Waals surface area contributed by atoms with Gasteiger partial charge in [-0.15, -0.1) is 0 Å². The molecule has 5 aromatic rings. The van der Waals surface area contributed by atoms with Crippen LogP contribution in [0.3, 0.4) is 0 Å². The predicted octanol–water partition coefficient (Wildman–Crippen LogP) is 4.56. The summed E-state index contributed by atoms with van der Waals surface area (Å²) < 4.78 is 0. The van der Waals surface area contributed by atoms with E-state index in [0.717, 1.165) is 33.3 Å². The molecular weight excluding hydrogens is 418 g/mol. The van der Waals surface area contributed by atoms with Crippen LogP contribution in [0.2, 0.25) is 0 Å². The van der Waals surface area contributed by atoms with E-state index >= 15 is 0 Å². The zero-order valence-corrected chi connectivity index (χ0v) is 17.9. The third kappa shape index (κ3) is 3.82. The maximum Gasteiger partial charge on any atom is 0.414 e. The smallest absolute Gasteiger partial charge is 0.414 e. The molecule has 0 aliphatic carbocycles. The molecule has 0 bridgehead atoms. The minimum Gasteiger partial charge on any atom is -0.465 e. The number of H-pyrrole nitrogens is 2. The number of fused-ring (bicyclic) bond motifs is 2. The summed E-state index contributed by atoms with van der Waals surface area (Å²) >= 11 is 0. The Morgan fingerprint density at radius 2 is 1.79 bits per heavy atom. The van der Waals surface area contributed by atoms with Gasteiger partial charge in [0.25, 0.3) is 5.56 Å². The third-order valence-corrected chi connectivity index (χ3v) is 5.68. The zero-order valence-electron chi connectivity index (χ0n) is 17.9. The van der Waals surface area contributed by atoms with Gasteiger partial charge in [0.1, 0.15) is 0 Å². The van der Waals surface area contributed by atoms with Gasteiger partial charge in [-0.2, -0.15) is 5.10 Å². The van der Waals surface area contributed by atoms with E-state index < -0.39 is 6.09 Å².